The number of carbonyl (C=O) groups is 1. The van der Waals surface area contributed by atoms with Gasteiger partial charge in [0.1, 0.15) is 17.8 Å². The number of nitrogens with one attached hydrogen (secondary N) is 1. The standard InChI is InChI=1S/C19H18N6O/c1-20-14-5-3-4-13(10-14)19(26)24(2)15-7-9-25(11-15)18-16-6-8-21-17(16)22-12-23-18/h3-6,8,10,12,15H,7,9,11H2,2H3,(H,21,22,23)/t15-/m1/s1. The van der Waals surface area contributed by atoms with Crippen LogP contribution in [-0.2, 0) is 0 Å². The van der Waals surface area contributed by atoms with E-state index in [0.29, 0.717) is 11.3 Å². The number of rotatable bonds is 3. The molecule has 26 heavy (non-hydrogen) atoms. The zero-order valence-corrected chi connectivity index (χ0v) is 14.4. The van der Waals surface area contributed by atoms with Crippen molar-refractivity contribution >= 4 is 28.4 Å². The minimum absolute atomic E-state index is 0.0585. The summed E-state index contributed by atoms with van der Waals surface area (Å²) in [4.78, 5) is 31.9. The van der Waals surface area contributed by atoms with Crippen molar-refractivity contribution in [2.45, 2.75) is 12.5 Å². The predicted molar refractivity (Wildman–Crippen MR) is 99.3 cm³/mol. The van der Waals surface area contributed by atoms with Crippen LogP contribution in [0.4, 0.5) is 11.5 Å². The molecule has 1 amide bonds. The highest BCUT2D eigenvalue weighted by Gasteiger charge is 2.30. The molecule has 7 heteroatoms. The van der Waals surface area contributed by atoms with Crippen LogP contribution >= 0.6 is 0 Å². The first kappa shape index (κ1) is 16.1. The maximum Gasteiger partial charge on any atom is 0.252 e. The number of benzene rings is 1. The summed E-state index contributed by atoms with van der Waals surface area (Å²) in [6.45, 7) is 8.67. The predicted octanol–water partition coefficient (Wildman–Crippen LogP) is 2.86. The maximum absolute atomic E-state index is 12.8. The molecule has 3 heterocycles. The lowest BCUT2D eigenvalue weighted by Gasteiger charge is -2.25. The first-order valence-electron chi connectivity index (χ1n) is 8.45. The van der Waals surface area contributed by atoms with Gasteiger partial charge in [-0.3, -0.25) is 4.79 Å². The fourth-order valence-electron chi connectivity index (χ4n) is 3.44. The molecule has 1 aliphatic heterocycles. The number of nitrogens with zero attached hydrogens (tertiary/aromatic N) is 5. The Morgan fingerprint density at radius 2 is 2.27 bits per heavy atom. The number of hydrogen-bond acceptors (Lipinski definition) is 4. The van der Waals surface area contributed by atoms with Crippen LogP contribution in [0.15, 0.2) is 42.9 Å². The molecule has 130 valence electrons. The van der Waals surface area contributed by atoms with Gasteiger partial charge in [-0.2, -0.15) is 0 Å². The highest BCUT2D eigenvalue weighted by molar-refractivity contribution is 5.95. The lowest BCUT2D eigenvalue weighted by molar-refractivity contribution is 0.0745. The zero-order chi connectivity index (χ0) is 18.1. The van der Waals surface area contributed by atoms with Crippen molar-refractivity contribution in [3.63, 3.8) is 0 Å². The van der Waals surface area contributed by atoms with Crippen LogP contribution in [0, 0.1) is 6.57 Å². The van der Waals surface area contributed by atoms with Gasteiger partial charge in [0.15, 0.2) is 5.69 Å². The third kappa shape index (κ3) is 2.75. The average Bonchev–Trinajstić information content (AvgIpc) is 3.36. The first-order chi connectivity index (χ1) is 12.7. The van der Waals surface area contributed by atoms with Crippen LogP contribution in [0.5, 0.6) is 0 Å². The summed E-state index contributed by atoms with van der Waals surface area (Å²) in [5.74, 6) is 0.839. The van der Waals surface area contributed by atoms with Crippen LogP contribution in [0.25, 0.3) is 15.9 Å². The Morgan fingerprint density at radius 1 is 1.38 bits per heavy atom. The van der Waals surface area contributed by atoms with E-state index in [1.54, 1.807) is 35.5 Å². The minimum Gasteiger partial charge on any atom is -0.354 e. The quantitative estimate of drug-likeness (QED) is 0.741. The number of fused-ring (bicyclic) bond motifs is 1. The fourth-order valence-corrected chi connectivity index (χ4v) is 3.44. The van der Waals surface area contributed by atoms with Crippen molar-refractivity contribution in [1.82, 2.24) is 19.9 Å². The monoisotopic (exact) mass is 346 g/mol. The number of carbonyl (C=O) groups excluding carboxylic acids is 1. The highest BCUT2D eigenvalue weighted by Crippen LogP contribution is 2.27. The van der Waals surface area contributed by atoms with E-state index in [0.717, 1.165) is 36.4 Å². The van der Waals surface area contributed by atoms with E-state index in [1.165, 1.54) is 0 Å². The van der Waals surface area contributed by atoms with Gasteiger partial charge < -0.3 is 14.8 Å². The van der Waals surface area contributed by atoms with Crippen LogP contribution in [0.2, 0.25) is 0 Å². The second-order valence-electron chi connectivity index (χ2n) is 6.40. The minimum atomic E-state index is -0.0585. The summed E-state index contributed by atoms with van der Waals surface area (Å²) in [6, 6.07) is 8.93. The normalized spacial score (nSPS) is 16.6. The Bertz CT molecular complexity index is 1000. The molecule has 1 aliphatic rings. The van der Waals surface area contributed by atoms with Gasteiger partial charge in [-0.1, -0.05) is 18.2 Å². The summed E-state index contributed by atoms with van der Waals surface area (Å²) in [7, 11) is 1.83. The Balaban J connectivity index is 1.52. The van der Waals surface area contributed by atoms with Gasteiger partial charge in [-0.05, 0) is 18.6 Å². The van der Waals surface area contributed by atoms with E-state index in [4.69, 9.17) is 6.57 Å². The lowest BCUT2D eigenvalue weighted by atomic mass is 10.1. The van der Waals surface area contributed by atoms with Crippen molar-refractivity contribution in [1.29, 1.82) is 0 Å². The molecule has 0 aliphatic carbocycles. The number of aromatic nitrogens is 3. The lowest BCUT2D eigenvalue weighted by Crippen LogP contribution is -2.39. The maximum atomic E-state index is 12.8. The highest BCUT2D eigenvalue weighted by atomic mass is 16.2. The number of hydrogen-bond donors (Lipinski definition) is 1. The number of aromatic amines is 1. The van der Waals surface area contributed by atoms with Crippen molar-refractivity contribution in [2.75, 3.05) is 25.0 Å². The molecule has 2 aromatic heterocycles. The number of H-pyrrole nitrogens is 1. The van der Waals surface area contributed by atoms with Crippen molar-refractivity contribution < 1.29 is 4.79 Å². The van der Waals surface area contributed by atoms with Crippen molar-refractivity contribution in [2.24, 2.45) is 0 Å². The van der Waals surface area contributed by atoms with Gasteiger partial charge in [0.2, 0.25) is 0 Å². The van der Waals surface area contributed by atoms with E-state index in [1.807, 2.05) is 19.3 Å². The van der Waals surface area contributed by atoms with E-state index in [2.05, 4.69) is 24.7 Å². The summed E-state index contributed by atoms with van der Waals surface area (Å²) in [5.41, 5.74) is 1.85. The van der Waals surface area contributed by atoms with E-state index in [-0.39, 0.29) is 11.9 Å². The second-order valence-corrected chi connectivity index (χ2v) is 6.40. The van der Waals surface area contributed by atoms with E-state index < -0.39 is 0 Å². The van der Waals surface area contributed by atoms with E-state index in [9.17, 15) is 4.79 Å². The Labute approximate surface area is 151 Å². The summed E-state index contributed by atoms with van der Waals surface area (Å²) in [5, 5.41) is 0.992. The largest absolute Gasteiger partial charge is 0.354 e. The molecule has 1 aromatic carbocycles. The molecule has 4 rings (SSSR count). The summed E-state index contributed by atoms with van der Waals surface area (Å²) >= 11 is 0. The Kier molecular flexibility index (Phi) is 4.01. The van der Waals surface area contributed by atoms with Crippen LogP contribution in [0.1, 0.15) is 16.8 Å². The van der Waals surface area contributed by atoms with Crippen molar-refractivity contribution in [3.05, 3.63) is 59.8 Å². The van der Waals surface area contributed by atoms with Gasteiger partial charge in [0.25, 0.3) is 5.91 Å². The molecular formula is C19H18N6O. The van der Waals surface area contributed by atoms with Crippen molar-refractivity contribution in [3.8, 4) is 0 Å². The third-order valence-corrected chi connectivity index (χ3v) is 4.89. The Hall–Kier alpha value is -3.40. The molecule has 0 bridgehead atoms. The molecule has 0 radical (unpaired) electrons. The first-order valence-corrected chi connectivity index (χ1v) is 8.45. The molecule has 1 fully saturated rings. The molecule has 1 saturated heterocycles. The van der Waals surface area contributed by atoms with Gasteiger partial charge in [-0.25, -0.2) is 14.8 Å². The number of anilines is 1. The number of amides is 1. The van der Waals surface area contributed by atoms with E-state index >= 15 is 0 Å². The Morgan fingerprint density at radius 3 is 3.12 bits per heavy atom. The molecule has 0 spiro atoms. The second kappa shape index (κ2) is 6.48. The van der Waals surface area contributed by atoms with Gasteiger partial charge in [-0.15, -0.1) is 0 Å². The summed E-state index contributed by atoms with van der Waals surface area (Å²) in [6.07, 6.45) is 4.29. The zero-order valence-electron chi connectivity index (χ0n) is 14.4. The molecular weight excluding hydrogens is 328 g/mol. The van der Waals surface area contributed by atoms with Gasteiger partial charge in [0.05, 0.1) is 18.0 Å². The summed E-state index contributed by atoms with van der Waals surface area (Å²) < 4.78 is 0. The van der Waals surface area contributed by atoms with Crippen LogP contribution in [0.3, 0.4) is 0 Å². The molecule has 0 unspecified atom stereocenters. The van der Waals surface area contributed by atoms with Gasteiger partial charge >= 0.3 is 0 Å². The average molecular weight is 346 g/mol. The SMILES string of the molecule is [C-]#[N+]c1cccc(C(=O)N(C)[C@@H]2CCN(c3ncnc4[nH]ccc34)C2)c1. The molecule has 1 N–H and O–H groups in total. The van der Waals surface area contributed by atoms with Crippen LogP contribution < -0.4 is 4.90 Å². The topological polar surface area (TPSA) is 69.5 Å². The van der Waals surface area contributed by atoms with Crippen LogP contribution in [-0.4, -0.2) is 51.9 Å². The fraction of sp³-hybridized carbons (Fsp3) is 0.263. The molecule has 7 nitrogen and oxygen atoms in total. The van der Waals surface area contributed by atoms with Gasteiger partial charge in [0, 0.05) is 31.9 Å². The third-order valence-electron chi connectivity index (χ3n) is 4.89. The molecule has 0 saturated carbocycles. The number of likely N-dealkylation sites (N-methyl/N-ethyl adjacent to an activating group) is 1. The smallest absolute Gasteiger partial charge is 0.252 e. The molecule has 1 atom stereocenters. The molecule has 3 aromatic rings.